The summed E-state index contributed by atoms with van der Waals surface area (Å²) in [7, 11) is 2.09. The predicted octanol–water partition coefficient (Wildman–Crippen LogP) is 8.02. The lowest BCUT2D eigenvalue weighted by atomic mass is 9.33. The molecule has 0 bridgehead atoms. The molecule has 0 aromatic heterocycles. The number of piperazine rings is 1. The number of esters is 1. The largest absolute Gasteiger partial charge is 0.481 e. The van der Waals surface area contributed by atoms with Crippen molar-refractivity contribution in [1.82, 2.24) is 14.7 Å². The zero-order chi connectivity index (χ0) is 44.5. The van der Waals surface area contributed by atoms with Gasteiger partial charge in [-0.2, -0.15) is 0 Å². The van der Waals surface area contributed by atoms with E-state index in [-0.39, 0.29) is 64.3 Å². The minimum Gasteiger partial charge on any atom is -0.481 e. The van der Waals surface area contributed by atoms with E-state index >= 15 is 0 Å². The van der Waals surface area contributed by atoms with E-state index in [1.807, 2.05) is 23.1 Å². The average molecular weight is 844 g/mol. The standard InChI is InChI=1S/C51H77N3O7/c1-33(2)43-36(55)28-51(39(56)31-53(30-34-14-12-11-13-15-34)32-41(57)54-26-24-52(10)25-27-54)23-22-49(8)35(44(43)51)16-17-38-48(7)20-19-40(61-42(58)29-46(3,4)45(59)60)47(5,6)37(48)18-21-50(38,49)9/h11-15,33,35,37-40,56H,16-32H2,1-10H3,(H,59,60)/t35-,37+,38-,39+,40?,48+,49-,50-,51+/m1/s1. The molecule has 10 heteroatoms. The topological polar surface area (TPSA) is 128 Å². The van der Waals surface area contributed by atoms with Crippen LogP contribution in [0.25, 0.3) is 0 Å². The van der Waals surface area contributed by atoms with Crippen molar-refractivity contribution in [2.75, 3.05) is 46.3 Å². The van der Waals surface area contributed by atoms with E-state index in [4.69, 9.17) is 4.74 Å². The number of carbonyl (C=O) groups is 4. The summed E-state index contributed by atoms with van der Waals surface area (Å²) in [4.78, 5) is 59.7. The van der Waals surface area contributed by atoms with Gasteiger partial charge in [-0.05, 0) is 123 Å². The summed E-state index contributed by atoms with van der Waals surface area (Å²) in [5.74, 6) is -0.122. The van der Waals surface area contributed by atoms with Gasteiger partial charge in [-0.1, -0.05) is 84.4 Å². The Morgan fingerprint density at radius 2 is 1.56 bits per heavy atom. The number of carboxylic acids is 1. The number of carboxylic acid groups (broad SMARTS) is 1. The molecule has 1 amide bonds. The SMILES string of the molecule is CC(C)C1=C2[C@H]3CC[C@@H]4[C@@]5(C)CCC(OC(=O)CC(C)(C)C(=O)O)C(C)(C)[C@@H]5CC[C@@]4(C)[C@]3(C)CC[C@@]2([C@@H](O)CN(CC(=O)N2CCN(C)CC2)Cc2ccccc2)CC1=O. The second kappa shape index (κ2) is 16.5. The van der Waals surface area contributed by atoms with Crippen molar-refractivity contribution < 1.29 is 34.1 Å². The van der Waals surface area contributed by atoms with E-state index in [2.05, 4.69) is 77.4 Å². The molecule has 1 aromatic rings. The first-order valence-corrected chi connectivity index (χ1v) is 23.6. The van der Waals surface area contributed by atoms with Crippen LogP contribution < -0.4 is 0 Å². The lowest BCUT2D eigenvalue weighted by Crippen LogP contribution is -2.66. The third-order valence-corrected chi connectivity index (χ3v) is 18.4. The first-order valence-electron chi connectivity index (χ1n) is 23.6. The van der Waals surface area contributed by atoms with Crippen molar-refractivity contribution in [3.63, 3.8) is 0 Å². The Bertz CT molecular complexity index is 1880. The molecule has 1 heterocycles. The van der Waals surface area contributed by atoms with Gasteiger partial charge in [0.05, 0.1) is 24.5 Å². The lowest BCUT2D eigenvalue weighted by Gasteiger charge is -2.72. The smallest absolute Gasteiger partial charge is 0.309 e. The zero-order valence-electron chi connectivity index (χ0n) is 39.1. The Balaban J connectivity index is 1.16. The monoisotopic (exact) mass is 844 g/mol. The molecular weight excluding hydrogens is 767 g/mol. The Kier molecular flexibility index (Phi) is 12.4. The van der Waals surface area contributed by atoms with E-state index in [9.17, 15) is 29.4 Å². The number of fused-ring (bicyclic) bond motifs is 7. The first kappa shape index (κ1) is 45.9. The van der Waals surface area contributed by atoms with Crippen LogP contribution in [0.2, 0.25) is 0 Å². The number of nitrogens with zero attached hydrogens (tertiary/aromatic N) is 3. The molecule has 1 aliphatic heterocycles. The normalized spacial score (nSPS) is 35.6. The minimum atomic E-state index is -1.18. The number of amides is 1. The summed E-state index contributed by atoms with van der Waals surface area (Å²) in [5.41, 5.74) is 1.13. The molecule has 0 spiro atoms. The van der Waals surface area contributed by atoms with Gasteiger partial charge >= 0.3 is 11.9 Å². The van der Waals surface area contributed by atoms with Crippen LogP contribution in [0.3, 0.4) is 0 Å². The maximum Gasteiger partial charge on any atom is 0.309 e. The quantitative estimate of drug-likeness (QED) is 0.201. The molecule has 61 heavy (non-hydrogen) atoms. The summed E-state index contributed by atoms with van der Waals surface area (Å²) in [6.07, 6.45) is 6.62. The molecule has 1 saturated heterocycles. The number of likely N-dealkylation sites (N-methyl/N-ethyl adjacent to an activating group) is 1. The van der Waals surface area contributed by atoms with Crippen LogP contribution in [0, 0.1) is 56.2 Å². The van der Waals surface area contributed by atoms with Crippen molar-refractivity contribution in [3.05, 3.63) is 47.0 Å². The number of ketones is 1. The molecular formula is C51H77N3O7. The van der Waals surface area contributed by atoms with Gasteiger partial charge in [-0.15, -0.1) is 0 Å². The number of hydrogen-bond acceptors (Lipinski definition) is 8. The van der Waals surface area contributed by atoms with E-state index < -0.39 is 28.9 Å². The number of benzene rings is 1. The molecule has 2 N–H and O–H groups in total. The molecule has 1 unspecified atom stereocenters. The molecule has 338 valence electrons. The van der Waals surface area contributed by atoms with Crippen molar-refractivity contribution in [2.45, 2.75) is 145 Å². The number of aliphatic hydroxyl groups is 1. The number of aliphatic carboxylic acids is 1. The maximum absolute atomic E-state index is 14.4. The number of rotatable bonds is 12. The Hall–Kier alpha value is -3.08. The highest BCUT2D eigenvalue weighted by atomic mass is 16.5. The Morgan fingerprint density at radius 1 is 0.885 bits per heavy atom. The molecule has 1 aromatic carbocycles. The summed E-state index contributed by atoms with van der Waals surface area (Å²) in [6, 6.07) is 10.2. The fraction of sp³-hybridized carbons (Fsp3) is 0.765. The van der Waals surface area contributed by atoms with Gasteiger partial charge in [-0.3, -0.25) is 24.1 Å². The van der Waals surface area contributed by atoms with Gasteiger partial charge in [-0.25, -0.2) is 0 Å². The van der Waals surface area contributed by atoms with Crippen molar-refractivity contribution in [2.24, 2.45) is 56.2 Å². The van der Waals surface area contributed by atoms with E-state index in [1.54, 1.807) is 13.8 Å². The van der Waals surface area contributed by atoms with E-state index in [0.717, 1.165) is 75.6 Å². The van der Waals surface area contributed by atoms with Gasteiger partial charge in [0.25, 0.3) is 0 Å². The second-order valence-electron chi connectivity index (χ2n) is 22.9. The molecule has 7 rings (SSSR count). The first-order chi connectivity index (χ1) is 28.5. The molecule has 4 saturated carbocycles. The zero-order valence-corrected chi connectivity index (χ0v) is 39.1. The molecule has 9 atom stereocenters. The second-order valence-corrected chi connectivity index (χ2v) is 22.9. The number of hydrogen-bond donors (Lipinski definition) is 2. The van der Waals surface area contributed by atoms with Crippen LogP contribution in [0.15, 0.2) is 41.5 Å². The van der Waals surface area contributed by atoms with Gasteiger partial charge in [0, 0.05) is 56.5 Å². The van der Waals surface area contributed by atoms with Crippen LogP contribution in [0.5, 0.6) is 0 Å². The molecule has 10 nitrogen and oxygen atoms in total. The number of carbonyl (C=O) groups excluding carboxylic acids is 3. The highest BCUT2D eigenvalue weighted by Gasteiger charge is 2.71. The van der Waals surface area contributed by atoms with Gasteiger partial charge < -0.3 is 24.7 Å². The highest BCUT2D eigenvalue weighted by Crippen LogP contribution is 2.77. The summed E-state index contributed by atoms with van der Waals surface area (Å²) >= 11 is 0. The van der Waals surface area contributed by atoms with Crippen LogP contribution in [0.4, 0.5) is 0 Å². The van der Waals surface area contributed by atoms with Crippen molar-refractivity contribution in [1.29, 1.82) is 0 Å². The number of aliphatic hydroxyl groups excluding tert-OH is 1. The van der Waals surface area contributed by atoms with Crippen LogP contribution in [-0.2, 0) is 30.5 Å². The van der Waals surface area contributed by atoms with E-state index in [0.29, 0.717) is 44.4 Å². The van der Waals surface area contributed by atoms with Crippen LogP contribution in [-0.4, -0.2) is 107 Å². The fourth-order valence-corrected chi connectivity index (χ4v) is 14.7. The van der Waals surface area contributed by atoms with Gasteiger partial charge in [0.1, 0.15) is 6.10 Å². The molecule has 0 radical (unpaired) electrons. The Labute approximate surface area is 366 Å². The molecule has 6 aliphatic rings. The number of ether oxygens (including phenoxy) is 1. The van der Waals surface area contributed by atoms with Gasteiger partial charge in [0.2, 0.25) is 5.91 Å². The average Bonchev–Trinajstić information content (AvgIpc) is 3.50. The Morgan fingerprint density at radius 3 is 2.20 bits per heavy atom. The van der Waals surface area contributed by atoms with Crippen LogP contribution in [0.1, 0.15) is 132 Å². The number of allylic oxidation sites excluding steroid dienone is 1. The number of Topliss-reactive ketones (excluding diaryl/α,β-unsaturated/α-hetero) is 1. The molecule has 5 aliphatic carbocycles. The third-order valence-electron chi connectivity index (χ3n) is 18.4. The minimum absolute atomic E-state index is 0.00160. The summed E-state index contributed by atoms with van der Waals surface area (Å²) in [5, 5.41) is 22.5. The molecule has 5 fully saturated rings. The summed E-state index contributed by atoms with van der Waals surface area (Å²) < 4.78 is 6.20. The highest BCUT2D eigenvalue weighted by molar-refractivity contribution is 6.00. The predicted molar refractivity (Wildman–Crippen MR) is 237 cm³/mol. The maximum atomic E-state index is 14.4. The van der Waals surface area contributed by atoms with Gasteiger partial charge in [0.15, 0.2) is 5.78 Å². The van der Waals surface area contributed by atoms with E-state index in [1.165, 1.54) is 5.57 Å². The van der Waals surface area contributed by atoms with Crippen molar-refractivity contribution in [3.8, 4) is 0 Å². The lowest BCUT2D eigenvalue weighted by molar-refractivity contribution is -0.235. The van der Waals surface area contributed by atoms with Crippen LogP contribution >= 0.6 is 0 Å². The fourth-order valence-electron chi connectivity index (χ4n) is 14.7. The third kappa shape index (κ3) is 7.85. The van der Waals surface area contributed by atoms with Crippen molar-refractivity contribution >= 4 is 23.6 Å². The summed E-state index contributed by atoms with van der Waals surface area (Å²) in [6.45, 7) is 23.8.